The van der Waals surface area contributed by atoms with Crippen LogP contribution in [0.2, 0.25) is 0 Å². The molecule has 0 aromatic heterocycles. The van der Waals surface area contributed by atoms with Gasteiger partial charge in [0.1, 0.15) is 0 Å². The summed E-state index contributed by atoms with van der Waals surface area (Å²) in [7, 11) is -3.49. The van der Waals surface area contributed by atoms with Gasteiger partial charge in [0.15, 0.2) is 0 Å². The first-order valence-electron chi connectivity index (χ1n) is 7.84. The van der Waals surface area contributed by atoms with Gasteiger partial charge in [-0.25, -0.2) is 8.42 Å². The van der Waals surface area contributed by atoms with Crippen molar-refractivity contribution in [1.82, 2.24) is 10.0 Å². The van der Waals surface area contributed by atoms with Crippen LogP contribution in [-0.2, 0) is 14.8 Å². The number of hydrogen-bond acceptors (Lipinski definition) is 4. The van der Waals surface area contributed by atoms with Gasteiger partial charge in [0.05, 0.1) is 10.7 Å². The monoisotopic (exact) mass is 300 g/mol. The van der Waals surface area contributed by atoms with Crippen LogP contribution in [0.3, 0.4) is 0 Å². The zero-order chi connectivity index (χ0) is 14.2. The highest BCUT2D eigenvalue weighted by Gasteiger charge is 2.52. The third-order valence-corrected chi connectivity index (χ3v) is 7.24. The smallest absolute Gasteiger partial charge is 0.241 e. The molecule has 3 aliphatic rings. The Morgan fingerprint density at radius 1 is 1.05 bits per heavy atom. The summed E-state index contributed by atoms with van der Waals surface area (Å²) in [5, 5.41) is 2.98. The Balaban J connectivity index is 1.72. The molecular formula is C14H24N2O3S. The molecule has 1 heterocycles. The van der Waals surface area contributed by atoms with Crippen LogP contribution >= 0.6 is 0 Å². The zero-order valence-corrected chi connectivity index (χ0v) is 12.7. The summed E-state index contributed by atoms with van der Waals surface area (Å²) in [6.07, 6.45) is 7.97. The molecule has 3 fully saturated rings. The van der Waals surface area contributed by atoms with Gasteiger partial charge in [-0.2, -0.15) is 0 Å². The Morgan fingerprint density at radius 2 is 1.80 bits per heavy atom. The van der Waals surface area contributed by atoms with Crippen molar-refractivity contribution in [1.29, 1.82) is 0 Å². The van der Waals surface area contributed by atoms with Crippen LogP contribution in [0.15, 0.2) is 0 Å². The van der Waals surface area contributed by atoms with Crippen molar-refractivity contribution in [3.8, 4) is 0 Å². The maximum absolute atomic E-state index is 12.6. The summed E-state index contributed by atoms with van der Waals surface area (Å²) < 4.78 is 27.2. The van der Waals surface area contributed by atoms with E-state index in [1.807, 2.05) is 0 Å². The van der Waals surface area contributed by atoms with E-state index in [1.54, 1.807) is 0 Å². The topological polar surface area (TPSA) is 75.3 Å². The van der Waals surface area contributed by atoms with Gasteiger partial charge in [-0.15, -0.1) is 0 Å². The molecule has 0 aromatic rings. The SMILES string of the molecule is O=C(NS(=O)(=O)C1CCCCC1)[C@]12CCC[C@H]1NCC2. The summed E-state index contributed by atoms with van der Waals surface area (Å²) in [6, 6.07) is 0.170. The quantitative estimate of drug-likeness (QED) is 0.824. The molecule has 0 aromatic carbocycles. The second-order valence-electron chi connectivity index (χ2n) is 6.54. The van der Waals surface area contributed by atoms with Gasteiger partial charge >= 0.3 is 0 Å². The lowest BCUT2D eigenvalue weighted by Gasteiger charge is -2.29. The molecule has 0 bridgehead atoms. The Hall–Kier alpha value is -0.620. The number of sulfonamides is 1. The van der Waals surface area contributed by atoms with E-state index < -0.39 is 15.4 Å². The zero-order valence-electron chi connectivity index (χ0n) is 11.9. The fraction of sp³-hybridized carbons (Fsp3) is 0.929. The average molecular weight is 300 g/mol. The lowest BCUT2D eigenvalue weighted by atomic mass is 9.82. The van der Waals surface area contributed by atoms with Crippen molar-refractivity contribution in [3.63, 3.8) is 0 Å². The molecule has 20 heavy (non-hydrogen) atoms. The highest BCUT2D eigenvalue weighted by Crippen LogP contribution is 2.45. The molecule has 1 saturated heterocycles. The van der Waals surface area contributed by atoms with E-state index in [2.05, 4.69) is 10.0 Å². The minimum atomic E-state index is -3.49. The Morgan fingerprint density at radius 3 is 2.55 bits per heavy atom. The molecule has 2 saturated carbocycles. The predicted octanol–water partition coefficient (Wildman–Crippen LogP) is 1.30. The van der Waals surface area contributed by atoms with Gasteiger partial charge < -0.3 is 5.32 Å². The summed E-state index contributed by atoms with van der Waals surface area (Å²) in [4.78, 5) is 12.6. The first kappa shape index (κ1) is 14.3. The largest absolute Gasteiger partial charge is 0.313 e. The number of hydrogen-bond donors (Lipinski definition) is 2. The second-order valence-corrected chi connectivity index (χ2v) is 8.50. The van der Waals surface area contributed by atoms with E-state index in [0.717, 1.165) is 51.5 Å². The predicted molar refractivity (Wildman–Crippen MR) is 76.6 cm³/mol. The molecule has 5 nitrogen and oxygen atoms in total. The highest BCUT2D eigenvalue weighted by atomic mass is 32.2. The summed E-state index contributed by atoms with van der Waals surface area (Å²) in [5.74, 6) is -0.254. The summed E-state index contributed by atoms with van der Waals surface area (Å²) >= 11 is 0. The van der Waals surface area contributed by atoms with Gasteiger partial charge in [0, 0.05) is 6.04 Å². The third-order valence-electron chi connectivity index (χ3n) is 5.42. The van der Waals surface area contributed by atoms with E-state index in [-0.39, 0.29) is 17.2 Å². The molecule has 2 N–H and O–H groups in total. The molecule has 0 radical (unpaired) electrons. The number of amides is 1. The Bertz CT molecular complexity index is 473. The lowest BCUT2D eigenvalue weighted by molar-refractivity contribution is -0.128. The molecule has 2 aliphatic carbocycles. The third kappa shape index (κ3) is 2.37. The van der Waals surface area contributed by atoms with Gasteiger partial charge in [-0.3, -0.25) is 9.52 Å². The van der Waals surface area contributed by atoms with Gasteiger partial charge in [-0.05, 0) is 38.6 Å². The van der Waals surface area contributed by atoms with E-state index in [9.17, 15) is 13.2 Å². The number of carbonyl (C=O) groups is 1. The molecule has 3 rings (SSSR count). The molecule has 0 unspecified atom stereocenters. The van der Waals surface area contributed by atoms with Crippen molar-refractivity contribution in [2.45, 2.75) is 69.1 Å². The van der Waals surface area contributed by atoms with Gasteiger partial charge in [-0.1, -0.05) is 25.7 Å². The highest BCUT2D eigenvalue weighted by molar-refractivity contribution is 7.90. The standard InChI is InChI=1S/C14H24N2O3S/c17-13(14-8-4-7-12(14)15-10-9-14)16-20(18,19)11-5-2-1-3-6-11/h11-12,15H,1-10H2,(H,16,17)/t12-,14+/m1/s1. The normalized spacial score (nSPS) is 34.9. The first-order chi connectivity index (χ1) is 9.55. The Labute approximate surface area is 120 Å². The van der Waals surface area contributed by atoms with E-state index >= 15 is 0 Å². The number of fused-ring (bicyclic) bond motifs is 1. The van der Waals surface area contributed by atoms with Crippen molar-refractivity contribution in [2.24, 2.45) is 5.41 Å². The molecule has 114 valence electrons. The Kier molecular flexibility index (Phi) is 3.79. The maximum atomic E-state index is 12.6. The molecular weight excluding hydrogens is 276 g/mol. The van der Waals surface area contributed by atoms with E-state index in [1.165, 1.54) is 0 Å². The van der Waals surface area contributed by atoms with Crippen LogP contribution < -0.4 is 10.0 Å². The fourth-order valence-electron chi connectivity index (χ4n) is 4.21. The second kappa shape index (κ2) is 5.30. The minimum Gasteiger partial charge on any atom is -0.313 e. The molecule has 6 heteroatoms. The van der Waals surface area contributed by atoms with Crippen molar-refractivity contribution in [2.75, 3.05) is 6.54 Å². The van der Waals surface area contributed by atoms with Crippen LogP contribution in [-0.4, -0.2) is 32.2 Å². The van der Waals surface area contributed by atoms with Crippen molar-refractivity contribution >= 4 is 15.9 Å². The maximum Gasteiger partial charge on any atom is 0.241 e. The van der Waals surface area contributed by atoms with Crippen LogP contribution in [0, 0.1) is 5.41 Å². The minimum absolute atomic E-state index is 0.170. The number of rotatable bonds is 3. The number of carbonyl (C=O) groups excluding carboxylic acids is 1. The van der Waals surface area contributed by atoms with Crippen LogP contribution in [0.1, 0.15) is 57.8 Å². The van der Waals surface area contributed by atoms with E-state index in [0.29, 0.717) is 12.8 Å². The first-order valence-corrected chi connectivity index (χ1v) is 9.39. The molecule has 0 spiro atoms. The summed E-state index contributed by atoms with van der Waals surface area (Å²) in [5.41, 5.74) is -0.470. The average Bonchev–Trinajstić information content (AvgIpc) is 2.99. The molecule has 2 atom stereocenters. The lowest BCUT2D eigenvalue weighted by Crippen LogP contribution is -2.49. The van der Waals surface area contributed by atoms with Gasteiger partial charge in [0.2, 0.25) is 15.9 Å². The van der Waals surface area contributed by atoms with Crippen LogP contribution in [0.5, 0.6) is 0 Å². The molecule has 1 aliphatic heterocycles. The van der Waals surface area contributed by atoms with Crippen molar-refractivity contribution in [3.05, 3.63) is 0 Å². The number of nitrogens with one attached hydrogen (secondary N) is 2. The van der Waals surface area contributed by atoms with Crippen molar-refractivity contribution < 1.29 is 13.2 Å². The molecule has 1 amide bonds. The van der Waals surface area contributed by atoms with Gasteiger partial charge in [0.25, 0.3) is 0 Å². The summed E-state index contributed by atoms with van der Waals surface area (Å²) in [6.45, 7) is 0.821. The fourth-order valence-corrected chi connectivity index (χ4v) is 5.80. The van der Waals surface area contributed by atoms with Crippen LogP contribution in [0.4, 0.5) is 0 Å². The van der Waals surface area contributed by atoms with Crippen LogP contribution in [0.25, 0.3) is 0 Å². The van der Waals surface area contributed by atoms with E-state index in [4.69, 9.17) is 0 Å².